The zero-order valence-corrected chi connectivity index (χ0v) is 15.9. The Kier molecular flexibility index (Phi) is 3.77. The van der Waals surface area contributed by atoms with Gasteiger partial charge in [-0.05, 0) is 41.8 Å². The Labute approximate surface area is 168 Å². The molecule has 0 aliphatic carbocycles. The number of carbonyl (C=O) groups excluding carboxylic acids is 2. The topological polar surface area (TPSA) is 120 Å². The Hall–Kier alpha value is -3.98. The van der Waals surface area contributed by atoms with Gasteiger partial charge in [-0.15, -0.1) is 0 Å². The predicted octanol–water partition coefficient (Wildman–Crippen LogP) is 2.60. The lowest BCUT2D eigenvalue weighted by molar-refractivity contribution is 0.0845. The number of amides is 2. The number of imide groups is 1. The van der Waals surface area contributed by atoms with Crippen LogP contribution in [-0.4, -0.2) is 20.2 Å². The van der Waals surface area contributed by atoms with Gasteiger partial charge in [0, 0.05) is 34.0 Å². The summed E-state index contributed by atoms with van der Waals surface area (Å²) >= 11 is 0. The summed E-state index contributed by atoms with van der Waals surface area (Å²) in [6.45, 7) is 0. The summed E-state index contributed by atoms with van der Waals surface area (Å²) in [6.07, 6.45) is 0. The van der Waals surface area contributed by atoms with Crippen LogP contribution in [-0.2, 0) is 10.1 Å². The van der Waals surface area contributed by atoms with E-state index >= 15 is 0 Å². The summed E-state index contributed by atoms with van der Waals surface area (Å²) < 4.78 is 36.0. The van der Waals surface area contributed by atoms with Crippen LogP contribution < -0.4 is 15.1 Å². The highest BCUT2D eigenvalue weighted by atomic mass is 32.2. The molecular formula is C21H11NO7S. The second-order valence-corrected chi connectivity index (χ2v) is 8.20. The zero-order chi connectivity index (χ0) is 21.0. The lowest BCUT2D eigenvalue weighted by atomic mass is 9.95. The molecule has 0 fully saturated rings. The number of nitrogens with one attached hydrogen (secondary N) is 1. The van der Waals surface area contributed by atoms with Crippen molar-refractivity contribution < 1.29 is 26.6 Å². The molecule has 8 nitrogen and oxygen atoms in total. The summed E-state index contributed by atoms with van der Waals surface area (Å²) in [5.41, 5.74) is -0.0512. The SMILES string of the molecule is O=C1NC(=O)c2cc(S(=O)(=O)Oc3ccc4ccc(=O)oc4c3)cc3cccc1c23. The molecule has 2 amide bonds. The van der Waals surface area contributed by atoms with E-state index in [2.05, 4.69) is 5.32 Å². The molecule has 1 aliphatic rings. The van der Waals surface area contributed by atoms with Crippen molar-refractivity contribution in [1.82, 2.24) is 5.32 Å². The molecule has 5 rings (SSSR count). The highest BCUT2D eigenvalue weighted by Gasteiger charge is 2.28. The molecule has 9 heteroatoms. The minimum absolute atomic E-state index is 0.0565. The second-order valence-electron chi connectivity index (χ2n) is 6.65. The normalized spacial score (nSPS) is 13.5. The monoisotopic (exact) mass is 421 g/mol. The molecule has 0 radical (unpaired) electrons. The van der Waals surface area contributed by atoms with Crippen molar-refractivity contribution in [3.05, 3.63) is 82.2 Å². The zero-order valence-electron chi connectivity index (χ0n) is 15.0. The van der Waals surface area contributed by atoms with E-state index in [4.69, 9.17) is 8.60 Å². The highest BCUT2D eigenvalue weighted by Crippen LogP contribution is 2.31. The predicted molar refractivity (Wildman–Crippen MR) is 106 cm³/mol. The molecule has 0 atom stereocenters. The maximum absolute atomic E-state index is 12.9. The molecule has 148 valence electrons. The van der Waals surface area contributed by atoms with Crippen molar-refractivity contribution in [2.75, 3.05) is 0 Å². The third-order valence-corrected chi connectivity index (χ3v) is 5.98. The van der Waals surface area contributed by atoms with E-state index in [1.807, 2.05) is 0 Å². The van der Waals surface area contributed by atoms with Gasteiger partial charge in [-0.2, -0.15) is 8.42 Å². The largest absolute Gasteiger partial charge is 0.423 e. The molecule has 0 saturated carbocycles. The van der Waals surface area contributed by atoms with E-state index in [0.29, 0.717) is 16.2 Å². The summed E-state index contributed by atoms with van der Waals surface area (Å²) in [4.78, 5) is 35.5. The fourth-order valence-electron chi connectivity index (χ4n) is 3.42. The van der Waals surface area contributed by atoms with E-state index in [9.17, 15) is 22.8 Å². The lowest BCUT2D eigenvalue weighted by Gasteiger charge is -2.17. The molecule has 1 N–H and O–H groups in total. The van der Waals surface area contributed by atoms with Crippen molar-refractivity contribution >= 4 is 43.7 Å². The summed E-state index contributed by atoms with van der Waals surface area (Å²) in [7, 11) is -4.33. The van der Waals surface area contributed by atoms with Crippen LogP contribution in [0.25, 0.3) is 21.7 Å². The highest BCUT2D eigenvalue weighted by molar-refractivity contribution is 7.87. The first-order valence-corrected chi connectivity index (χ1v) is 10.1. The Bertz CT molecular complexity index is 1570. The fraction of sp³-hybridized carbons (Fsp3) is 0. The van der Waals surface area contributed by atoms with Gasteiger partial charge in [0.2, 0.25) is 0 Å². The average Bonchev–Trinajstić information content (AvgIpc) is 2.71. The van der Waals surface area contributed by atoms with Crippen LogP contribution in [0.3, 0.4) is 0 Å². The molecule has 0 unspecified atom stereocenters. The van der Waals surface area contributed by atoms with Crippen molar-refractivity contribution in [2.45, 2.75) is 4.90 Å². The van der Waals surface area contributed by atoms with Gasteiger partial charge in [0.25, 0.3) is 11.8 Å². The third kappa shape index (κ3) is 2.83. The minimum atomic E-state index is -4.33. The Balaban J connectivity index is 1.62. The van der Waals surface area contributed by atoms with Gasteiger partial charge in [-0.25, -0.2) is 4.79 Å². The molecule has 0 saturated heterocycles. The van der Waals surface area contributed by atoms with E-state index in [0.717, 1.165) is 0 Å². The van der Waals surface area contributed by atoms with Crippen LogP contribution in [0.1, 0.15) is 20.7 Å². The van der Waals surface area contributed by atoms with Crippen LogP contribution in [0.2, 0.25) is 0 Å². The molecule has 1 aromatic heterocycles. The minimum Gasteiger partial charge on any atom is -0.423 e. The maximum atomic E-state index is 12.9. The first-order valence-electron chi connectivity index (χ1n) is 8.73. The average molecular weight is 421 g/mol. The lowest BCUT2D eigenvalue weighted by Crippen LogP contribution is -2.34. The van der Waals surface area contributed by atoms with Crippen molar-refractivity contribution in [3.8, 4) is 5.75 Å². The first-order chi connectivity index (χ1) is 14.3. The number of rotatable bonds is 3. The number of carbonyl (C=O) groups is 2. The van der Waals surface area contributed by atoms with Gasteiger partial charge in [0.1, 0.15) is 16.2 Å². The molecule has 0 spiro atoms. The van der Waals surface area contributed by atoms with Crippen LogP contribution in [0.5, 0.6) is 5.75 Å². The summed E-state index contributed by atoms with van der Waals surface area (Å²) in [5, 5.41) is 3.60. The number of fused-ring (bicyclic) bond motifs is 1. The van der Waals surface area contributed by atoms with Gasteiger partial charge in [-0.3, -0.25) is 14.9 Å². The Morgan fingerprint density at radius 2 is 1.57 bits per heavy atom. The third-order valence-electron chi connectivity index (χ3n) is 4.76. The van der Waals surface area contributed by atoms with Crippen LogP contribution in [0.15, 0.2) is 74.8 Å². The van der Waals surface area contributed by atoms with E-state index in [1.54, 1.807) is 30.3 Å². The molecule has 30 heavy (non-hydrogen) atoms. The fourth-order valence-corrected chi connectivity index (χ4v) is 4.41. The second kappa shape index (κ2) is 6.26. The van der Waals surface area contributed by atoms with E-state index in [1.165, 1.54) is 30.3 Å². The molecular weight excluding hydrogens is 410 g/mol. The number of hydrogen-bond acceptors (Lipinski definition) is 7. The van der Waals surface area contributed by atoms with E-state index < -0.39 is 27.6 Å². The standard InChI is InChI=1S/C21H11NO7S/c23-18-7-5-11-4-6-13(9-17(11)28-18)29-30(26,27)14-8-12-2-1-3-15-19(12)16(10-14)21(25)22-20(15)24/h1-10H,(H,22,24,25). The quantitative estimate of drug-likeness (QED) is 0.307. The van der Waals surface area contributed by atoms with E-state index in [-0.39, 0.29) is 27.4 Å². The Morgan fingerprint density at radius 3 is 2.40 bits per heavy atom. The van der Waals surface area contributed by atoms with Gasteiger partial charge >= 0.3 is 15.7 Å². The first kappa shape index (κ1) is 18.1. The smallest absolute Gasteiger partial charge is 0.339 e. The van der Waals surface area contributed by atoms with Crippen LogP contribution in [0.4, 0.5) is 0 Å². The van der Waals surface area contributed by atoms with Gasteiger partial charge < -0.3 is 8.60 Å². The van der Waals surface area contributed by atoms with Gasteiger partial charge in [-0.1, -0.05) is 12.1 Å². The van der Waals surface area contributed by atoms with Gasteiger partial charge in [0.05, 0.1) is 0 Å². The number of hydrogen-bond donors (Lipinski definition) is 1. The molecule has 0 bridgehead atoms. The van der Waals surface area contributed by atoms with Crippen LogP contribution >= 0.6 is 0 Å². The molecule has 2 heterocycles. The van der Waals surface area contributed by atoms with Crippen molar-refractivity contribution in [3.63, 3.8) is 0 Å². The molecule has 3 aromatic carbocycles. The molecule has 1 aliphatic heterocycles. The maximum Gasteiger partial charge on any atom is 0.339 e. The van der Waals surface area contributed by atoms with Crippen molar-refractivity contribution in [1.29, 1.82) is 0 Å². The molecule has 4 aromatic rings. The van der Waals surface area contributed by atoms with Crippen molar-refractivity contribution in [2.24, 2.45) is 0 Å². The summed E-state index contributed by atoms with van der Waals surface area (Å²) in [6, 6.07) is 14.3. The summed E-state index contributed by atoms with van der Waals surface area (Å²) in [5.74, 6) is -1.28. The number of benzene rings is 3. The Morgan fingerprint density at radius 1 is 0.800 bits per heavy atom. The van der Waals surface area contributed by atoms with Gasteiger partial charge in [0.15, 0.2) is 0 Å². The van der Waals surface area contributed by atoms with Crippen LogP contribution in [0, 0.1) is 0 Å².